The molecule has 0 saturated carbocycles. The van der Waals surface area contributed by atoms with Crippen molar-refractivity contribution in [3.8, 4) is 5.75 Å². The first-order chi connectivity index (χ1) is 7.17. The Kier molecular flexibility index (Phi) is 5.09. The molecule has 1 atom stereocenters. The van der Waals surface area contributed by atoms with Gasteiger partial charge < -0.3 is 4.74 Å². The van der Waals surface area contributed by atoms with Gasteiger partial charge in [0.15, 0.2) is 11.6 Å². The average molecular weight is 275 g/mol. The second-order valence-corrected chi connectivity index (χ2v) is 4.81. The molecule has 0 aromatic heterocycles. The standard InChI is InChI=1S/C12H16BrFO/c1-3-10(13)6-4-9-5-7-12(15-2)11(14)8-9/h5,7-8,10H,3-4,6H2,1-2H3. The minimum atomic E-state index is -0.280. The average Bonchev–Trinajstić information content (AvgIpc) is 2.26. The van der Waals surface area contributed by atoms with Crippen LogP contribution in [-0.2, 0) is 6.42 Å². The van der Waals surface area contributed by atoms with Crippen LogP contribution in [0.1, 0.15) is 25.3 Å². The van der Waals surface area contributed by atoms with Crippen molar-refractivity contribution >= 4 is 15.9 Å². The molecule has 84 valence electrons. The van der Waals surface area contributed by atoms with Crippen LogP contribution in [0.5, 0.6) is 5.75 Å². The number of aryl methyl sites for hydroxylation is 1. The topological polar surface area (TPSA) is 9.23 Å². The number of benzene rings is 1. The maximum atomic E-state index is 13.3. The molecule has 0 spiro atoms. The molecule has 15 heavy (non-hydrogen) atoms. The fourth-order valence-electron chi connectivity index (χ4n) is 1.39. The van der Waals surface area contributed by atoms with E-state index in [0.717, 1.165) is 24.8 Å². The highest BCUT2D eigenvalue weighted by Gasteiger charge is 2.05. The predicted molar refractivity (Wildman–Crippen MR) is 64.3 cm³/mol. The molecule has 0 aliphatic rings. The predicted octanol–water partition coefficient (Wildman–Crippen LogP) is 3.94. The summed E-state index contributed by atoms with van der Waals surface area (Å²) in [7, 11) is 1.48. The van der Waals surface area contributed by atoms with Gasteiger partial charge >= 0.3 is 0 Å². The number of rotatable bonds is 5. The zero-order chi connectivity index (χ0) is 11.3. The number of hydrogen-bond acceptors (Lipinski definition) is 1. The molecule has 0 saturated heterocycles. The molecule has 0 radical (unpaired) electrons. The van der Waals surface area contributed by atoms with Gasteiger partial charge in [-0.1, -0.05) is 28.9 Å². The fourth-order valence-corrected chi connectivity index (χ4v) is 1.62. The molecule has 0 N–H and O–H groups in total. The summed E-state index contributed by atoms with van der Waals surface area (Å²) in [6, 6.07) is 5.14. The maximum Gasteiger partial charge on any atom is 0.165 e. The van der Waals surface area contributed by atoms with E-state index < -0.39 is 0 Å². The largest absolute Gasteiger partial charge is 0.494 e. The Bertz CT molecular complexity index is 314. The quantitative estimate of drug-likeness (QED) is 0.739. The van der Waals surface area contributed by atoms with Gasteiger partial charge in [0.25, 0.3) is 0 Å². The molecule has 1 aromatic rings. The Balaban J connectivity index is 2.59. The van der Waals surface area contributed by atoms with Gasteiger partial charge in [0, 0.05) is 4.83 Å². The molecule has 3 heteroatoms. The molecule has 1 nitrogen and oxygen atoms in total. The van der Waals surface area contributed by atoms with Gasteiger partial charge in [0.1, 0.15) is 0 Å². The van der Waals surface area contributed by atoms with E-state index in [4.69, 9.17) is 4.74 Å². The van der Waals surface area contributed by atoms with Crippen molar-refractivity contribution in [2.45, 2.75) is 31.0 Å². The fraction of sp³-hybridized carbons (Fsp3) is 0.500. The third-order valence-electron chi connectivity index (χ3n) is 2.41. The first-order valence-corrected chi connectivity index (χ1v) is 6.05. The van der Waals surface area contributed by atoms with E-state index in [9.17, 15) is 4.39 Å². The van der Waals surface area contributed by atoms with Crippen molar-refractivity contribution in [3.63, 3.8) is 0 Å². The van der Waals surface area contributed by atoms with Crippen molar-refractivity contribution in [1.29, 1.82) is 0 Å². The first-order valence-electron chi connectivity index (χ1n) is 5.13. The van der Waals surface area contributed by atoms with Crippen molar-refractivity contribution < 1.29 is 9.13 Å². The zero-order valence-electron chi connectivity index (χ0n) is 9.09. The maximum absolute atomic E-state index is 13.3. The third kappa shape index (κ3) is 3.82. The van der Waals surface area contributed by atoms with Gasteiger partial charge in [-0.3, -0.25) is 0 Å². The summed E-state index contributed by atoms with van der Waals surface area (Å²) in [4.78, 5) is 0.516. The second kappa shape index (κ2) is 6.11. The van der Waals surface area contributed by atoms with E-state index in [-0.39, 0.29) is 5.82 Å². The second-order valence-electron chi connectivity index (χ2n) is 3.51. The lowest BCUT2D eigenvalue weighted by Gasteiger charge is -2.07. The van der Waals surface area contributed by atoms with Crippen LogP contribution in [0.15, 0.2) is 18.2 Å². The van der Waals surface area contributed by atoms with Crippen molar-refractivity contribution in [1.82, 2.24) is 0 Å². The Morgan fingerprint density at radius 2 is 2.20 bits per heavy atom. The van der Waals surface area contributed by atoms with Crippen LogP contribution >= 0.6 is 15.9 Å². The first kappa shape index (κ1) is 12.5. The van der Waals surface area contributed by atoms with Crippen molar-refractivity contribution in [2.75, 3.05) is 7.11 Å². The SMILES string of the molecule is CCC(Br)CCc1ccc(OC)c(F)c1. The molecule has 0 bridgehead atoms. The monoisotopic (exact) mass is 274 g/mol. The summed E-state index contributed by atoms with van der Waals surface area (Å²) in [6.07, 6.45) is 3.02. The van der Waals surface area contributed by atoms with Crippen LogP contribution in [-0.4, -0.2) is 11.9 Å². The molecular formula is C12H16BrFO. The molecule has 0 aliphatic carbocycles. The molecule has 1 unspecified atom stereocenters. The van der Waals surface area contributed by atoms with Crippen LogP contribution in [0.25, 0.3) is 0 Å². The minimum Gasteiger partial charge on any atom is -0.494 e. The van der Waals surface area contributed by atoms with Crippen molar-refractivity contribution in [3.05, 3.63) is 29.6 Å². The summed E-state index contributed by atoms with van der Waals surface area (Å²) in [5.74, 6) is 0.0299. The highest BCUT2D eigenvalue weighted by Crippen LogP contribution is 2.20. The van der Waals surface area contributed by atoms with E-state index in [1.807, 2.05) is 6.07 Å². The normalized spacial score (nSPS) is 12.5. The lowest BCUT2D eigenvalue weighted by Crippen LogP contribution is -1.98. The number of alkyl halides is 1. The van der Waals surface area contributed by atoms with Gasteiger partial charge in [-0.05, 0) is 37.0 Å². The van der Waals surface area contributed by atoms with Crippen LogP contribution < -0.4 is 4.74 Å². The Morgan fingerprint density at radius 1 is 1.47 bits per heavy atom. The number of methoxy groups -OCH3 is 1. The van der Waals surface area contributed by atoms with Gasteiger partial charge in [-0.2, -0.15) is 0 Å². The van der Waals surface area contributed by atoms with Crippen LogP contribution in [0.4, 0.5) is 4.39 Å². The molecular weight excluding hydrogens is 259 g/mol. The summed E-state index contributed by atoms with van der Waals surface area (Å²) in [6.45, 7) is 2.13. The summed E-state index contributed by atoms with van der Waals surface area (Å²) in [5, 5.41) is 0. The van der Waals surface area contributed by atoms with E-state index in [1.54, 1.807) is 12.1 Å². The summed E-state index contributed by atoms with van der Waals surface area (Å²) in [5.41, 5.74) is 1.02. The minimum absolute atomic E-state index is 0.280. The Morgan fingerprint density at radius 3 is 2.73 bits per heavy atom. The molecule has 0 amide bonds. The van der Waals surface area contributed by atoms with Gasteiger partial charge in [-0.15, -0.1) is 0 Å². The molecule has 0 heterocycles. The third-order valence-corrected chi connectivity index (χ3v) is 3.51. The lowest BCUT2D eigenvalue weighted by molar-refractivity contribution is 0.386. The number of ether oxygens (including phenoxy) is 1. The van der Waals surface area contributed by atoms with Gasteiger partial charge in [0.2, 0.25) is 0 Å². The van der Waals surface area contributed by atoms with Crippen LogP contribution in [0.3, 0.4) is 0 Å². The smallest absolute Gasteiger partial charge is 0.165 e. The Labute approximate surface area is 98.8 Å². The van der Waals surface area contributed by atoms with E-state index in [2.05, 4.69) is 22.9 Å². The van der Waals surface area contributed by atoms with Crippen LogP contribution in [0.2, 0.25) is 0 Å². The molecule has 1 aromatic carbocycles. The van der Waals surface area contributed by atoms with E-state index >= 15 is 0 Å². The lowest BCUT2D eigenvalue weighted by atomic mass is 10.1. The van der Waals surface area contributed by atoms with E-state index in [0.29, 0.717) is 10.6 Å². The number of halogens is 2. The molecule has 1 rings (SSSR count). The number of hydrogen-bond donors (Lipinski definition) is 0. The molecule has 0 fully saturated rings. The summed E-state index contributed by atoms with van der Waals surface area (Å²) < 4.78 is 18.2. The van der Waals surface area contributed by atoms with Gasteiger partial charge in [-0.25, -0.2) is 4.39 Å². The van der Waals surface area contributed by atoms with Crippen molar-refractivity contribution in [2.24, 2.45) is 0 Å². The highest BCUT2D eigenvalue weighted by atomic mass is 79.9. The molecule has 0 aliphatic heterocycles. The Hall–Kier alpha value is -0.570. The van der Waals surface area contributed by atoms with Gasteiger partial charge in [0.05, 0.1) is 7.11 Å². The summed E-state index contributed by atoms with van der Waals surface area (Å²) >= 11 is 3.56. The van der Waals surface area contributed by atoms with E-state index in [1.165, 1.54) is 7.11 Å². The van der Waals surface area contributed by atoms with Crippen LogP contribution in [0, 0.1) is 5.82 Å². The zero-order valence-corrected chi connectivity index (χ0v) is 10.7. The highest BCUT2D eigenvalue weighted by molar-refractivity contribution is 9.09.